The summed E-state index contributed by atoms with van der Waals surface area (Å²) in [4.78, 5) is 0. The van der Waals surface area contributed by atoms with Crippen LogP contribution in [0.3, 0.4) is 0 Å². The Balaban J connectivity index is 2.15. The van der Waals surface area contributed by atoms with Gasteiger partial charge < -0.3 is 10.6 Å². The van der Waals surface area contributed by atoms with Crippen LogP contribution in [-0.4, -0.2) is 33.3 Å². The van der Waals surface area contributed by atoms with Crippen LogP contribution in [0.4, 0.5) is 0 Å². The zero-order chi connectivity index (χ0) is 8.06. The van der Waals surface area contributed by atoms with Crippen LogP contribution in [0.1, 0.15) is 0 Å². The molecular formula is C5H9N2O2S2+. The molecule has 62 valence electrons. The molecule has 0 aromatic heterocycles. The van der Waals surface area contributed by atoms with Gasteiger partial charge in [0.2, 0.25) is 10.2 Å². The lowest BCUT2D eigenvalue weighted by Gasteiger charge is -1.99. The highest BCUT2D eigenvalue weighted by Gasteiger charge is 2.50. The number of nitrogens with one attached hydrogen (secondary N) is 2. The predicted octanol–water partition coefficient (Wildman–Crippen LogP) is -0.813. The molecule has 0 aromatic rings. The number of rotatable bonds is 0. The van der Waals surface area contributed by atoms with Crippen molar-refractivity contribution in [1.29, 1.82) is 0 Å². The average molecular weight is 193 g/mol. The Morgan fingerprint density at radius 1 is 1.45 bits per heavy atom. The molecule has 2 aliphatic rings. The summed E-state index contributed by atoms with van der Waals surface area (Å²) in [5.41, 5.74) is 0. The van der Waals surface area contributed by atoms with E-state index in [0.717, 1.165) is 0 Å². The third-order valence-corrected chi connectivity index (χ3v) is 3.99. The van der Waals surface area contributed by atoms with Gasteiger partial charge in [-0.15, -0.1) is 0 Å². The Morgan fingerprint density at radius 3 is 2.36 bits per heavy atom. The molecule has 2 rings (SSSR count). The monoisotopic (exact) mass is 193 g/mol. The van der Waals surface area contributed by atoms with Crippen LogP contribution in [-0.2, 0) is 14.4 Å². The van der Waals surface area contributed by atoms with E-state index in [4.69, 9.17) is 12.2 Å². The van der Waals surface area contributed by atoms with Crippen LogP contribution >= 0.6 is 12.2 Å². The zero-order valence-electron chi connectivity index (χ0n) is 5.74. The first-order valence-electron chi connectivity index (χ1n) is 3.36. The number of hydrogen-bond acceptors (Lipinski definition) is 2. The smallest absolute Gasteiger partial charge is 0.218 e. The van der Waals surface area contributed by atoms with Gasteiger partial charge in [0, 0.05) is 0 Å². The lowest BCUT2D eigenvalue weighted by Crippen LogP contribution is -2.31. The van der Waals surface area contributed by atoms with E-state index in [-0.39, 0.29) is 12.1 Å². The van der Waals surface area contributed by atoms with Gasteiger partial charge in [0.15, 0.2) is 16.6 Å². The average Bonchev–Trinajstić information content (AvgIpc) is 2.17. The summed E-state index contributed by atoms with van der Waals surface area (Å²) in [6.45, 7) is 0. The van der Waals surface area contributed by atoms with Gasteiger partial charge in [-0.05, 0) is 12.2 Å². The van der Waals surface area contributed by atoms with Crippen molar-refractivity contribution in [2.24, 2.45) is 0 Å². The van der Waals surface area contributed by atoms with Crippen LogP contribution in [0.2, 0.25) is 0 Å². The molecule has 0 spiro atoms. The van der Waals surface area contributed by atoms with Gasteiger partial charge >= 0.3 is 0 Å². The van der Waals surface area contributed by atoms with E-state index in [1.165, 1.54) is 0 Å². The standard InChI is InChI=1S/C5H8N2O2S2/c8-11(9)1-3-4(2-11)7-5(10)6-3/h3-4H,1-2H2,(H2-,6,7,8,9,10)/p+1/t3-,4-/m0/s1. The molecule has 0 bridgehead atoms. The molecule has 3 N–H and O–H groups in total. The fourth-order valence-electron chi connectivity index (χ4n) is 1.52. The van der Waals surface area contributed by atoms with Gasteiger partial charge in [-0.3, -0.25) is 0 Å². The van der Waals surface area contributed by atoms with Crippen LogP contribution in [0.15, 0.2) is 0 Å². The van der Waals surface area contributed by atoms with E-state index in [2.05, 4.69) is 10.6 Å². The summed E-state index contributed by atoms with van der Waals surface area (Å²) in [5.74, 6) is 0.648. The molecule has 0 unspecified atom stereocenters. The Hall–Kier alpha value is -0.200. The maximum Gasteiger partial charge on any atom is 0.218 e. The van der Waals surface area contributed by atoms with Crippen molar-refractivity contribution in [2.75, 3.05) is 11.5 Å². The molecule has 0 aromatic carbocycles. The van der Waals surface area contributed by atoms with Crippen LogP contribution < -0.4 is 10.6 Å². The fourth-order valence-corrected chi connectivity index (χ4v) is 3.72. The Morgan fingerprint density at radius 2 is 1.91 bits per heavy atom. The topological polar surface area (TPSA) is 61.4 Å². The van der Waals surface area contributed by atoms with Crippen LogP contribution in [0.5, 0.6) is 0 Å². The zero-order valence-corrected chi connectivity index (χ0v) is 7.37. The van der Waals surface area contributed by atoms with E-state index >= 15 is 0 Å². The quantitative estimate of drug-likeness (QED) is 0.347. The van der Waals surface area contributed by atoms with Gasteiger partial charge in [-0.25, -0.2) is 0 Å². The van der Waals surface area contributed by atoms with Gasteiger partial charge in [0.1, 0.15) is 12.1 Å². The van der Waals surface area contributed by atoms with Crippen LogP contribution in [0.25, 0.3) is 0 Å². The van der Waals surface area contributed by atoms with E-state index < -0.39 is 10.2 Å². The van der Waals surface area contributed by atoms with E-state index in [1.807, 2.05) is 0 Å². The summed E-state index contributed by atoms with van der Waals surface area (Å²) in [7, 11) is -2.56. The molecule has 11 heavy (non-hydrogen) atoms. The fraction of sp³-hybridized carbons (Fsp3) is 0.800. The van der Waals surface area contributed by atoms with Crippen molar-refractivity contribution >= 4 is 27.5 Å². The second-order valence-corrected chi connectivity index (χ2v) is 5.56. The summed E-state index contributed by atoms with van der Waals surface area (Å²) >= 11 is 4.85. The second-order valence-electron chi connectivity index (χ2n) is 2.94. The van der Waals surface area contributed by atoms with Crippen molar-refractivity contribution in [1.82, 2.24) is 10.6 Å². The molecule has 2 heterocycles. The van der Waals surface area contributed by atoms with Gasteiger partial charge in [-0.2, -0.15) is 4.55 Å². The lowest BCUT2D eigenvalue weighted by molar-refractivity contribution is 0.502. The second kappa shape index (κ2) is 2.15. The SMILES string of the molecule is O=[S+]1(O)C[C@@H]2NC(=S)N[C@H]2C1. The van der Waals surface area contributed by atoms with Crippen molar-refractivity contribution in [3.8, 4) is 0 Å². The molecular weight excluding hydrogens is 184 g/mol. The normalized spacial score (nSPS) is 39.5. The van der Waals surface area contributed by atoms with E-state index in [1.54, 1.807) is 0 Å². The molecule has 2 fully saturated rings. The van der Waals surface area contributed by atoms with Crippen molar-refractivity contribution < 1.29 is 8.76 Å². The number of hydrogen-bond donors (Lipinski definition) is 3. The molecule has 0 saturated carbocycles. The van der Waals surface area contributed by atoms with Crippen molar-refractivity contribution in [2.45, 2.75) is 12.1 Å². The minimum Gasteiger partial charge on any atom is -0.353 e. The summed E-state index contributed by atoms with van der Waals surface area (Å²) in [6.07, 6.45) is 0. The molecule has 2 atom stereocenters. The minimum atomic E-state index is -2.56. The minimum absolute atomic E-state index is 0.0694. The summed E-state index contributed by atoms with van der Waals surface area (Å²) in [6, 6.07) is 0.139. The summed E-state index contributed by atoms with van der Waals surface area (Å²) < 4.78 is 20.3. The van der Waals surface area contributed by atoms with E-state index in [9.17, 15) is 8.76 Å². The molecule has 0 radical (unpaired) electrons. The first-order chi connectivity index (χ1) is 5.07. The maximum absolute atomic E-state index is 11.1. The van der Waals surface area contributed by atoms with Gasteiger partial charge in [0.25, 0.3) is 0 Å². The Bertz CT molecular complexity index is 235. The number of fused-ring (bicyclic) bond motifs is 1. The highest BCUT2D eigenvalue weighted by atomic mass is 32.3. The highest BCUT2D eigenvalue weighted by molar-refractivity contribution is 7.98. The van der Waals surface area contributed by atoms with E-state index in [0.29, 0.717) is 16.6 Å². The number of thiocarbonyl (C=S) groups is 1. The Kier molecular flexibility index (Phi) is 1.45. The molecule has 4 nitrogen and oxygen atoms in total. The third kappa shape index (κ3) is 1.25. The first-order valence-corrected chi connectivity index (χ1v) is 5.62. The maximum atomic E-state index is 11.1. The first kappa shape index (κ1) is 7.45. The van der Waals surface area contributed by atoms with Crippen molar-refractivity contribution in [3.63, 3.8) is 0 Å². The third-order valence-electron chi connectivity index (χ3n) is 2.00. The van der Waals surface area contributed by atoms with Crippen molar-refractivity contribution in [3.05, 3.63) is 0 Å². The predicted molar refractivity (Wildman–Crippen MR) is 46.9 cm³/mol. The van der Waals surface area contributed by atoms with Gasteiger partial charge in [0.05, 0.1) is 0 Å². The molecule has 6 heteroatoms. The van der Waals surface area contributed by atoms with Crippen LogP contribution in [0, 0.1) is 0 Å². The summed E-state index contributed by atoms with van der Waals surface area (Å²) in [5, 5.41) is 6.51. The molecule has 0 aliphatic carbocycles. The molecule has 0 amide bonds. The Labute approximate surface area is 71.0 Å². The highest BCUT2D eigenvalue weighted by Crippen LogP contribution is 2.20. The largest absolute Gasteiger partial charge is 0.353 e. The molecule has 2 saturated heterocycles. The van der Waals surface area contributed by atoms with Gasteiger partial charge in [-0.1, -0.05) is 4.21 Å². The molecule has 2 aliphatic heterocycles. The lowest BCUT2D eigenvalue weighted by atomic mass is 10.2.